The molecule has 0 rings (SSSR count). The van der Waals surface area contributed by atoms with Gasteiger partial charge in [0.05, 0.1) is 18.3 Å². The summed E-state index contributed by atoms with van der Waals surface area (Å²) in [5.74, 6) is 0. The first kappa shape index (κ1) is 16.8. The van der Waals surface area contributed by atoms with E-state index in [-0.39, 0.29) is 38.9 Å². The number of hydrogen-bond acceptors (Lipinski definition) is 6. The smallest absolute Gasteiger partial charge is 0.116 e. The number of rotatable bonds is 9. The molecular weight excluding hydrogens is 228 g/mol. The fourth-order valence-electron chi connectivity index (χ4n) is 1.82. The average Bonchev–Trinajstić information content (AvgIpc) is 2.25. The van der Waals surface area contributed by atoms with E-state index in [4.69, 9.17) is 10.2 Å². The Kier molecular flexibility index (Phi) is 7.85. The molecule has 0 aliphatic heterocycles. The molecule has 0 spiro atoms. The fourth-order valence-corrected chi connectivity index (χ4v) is 1.82. The maximum atomic E-state index is 10.2. The summed E-state index contributed by atoms with van der Waals surface area (Å²) in [6, 6.07) is 0. The van der Waals surface area contributed by atoms with Gasteiger partial charge in [-0.25, -0.2) is 0 Å². The maximum absolute atomic E-state index is 10.2. The Balaban J connectivity index is 4.68. The van der Waals surface area contributed by atoms with E-state index in [2.05, 4.69) is 0 Å². The van der Waals surface area contributed by atoms with Crippen molar-refractivity contribution in [2.45, 2.75) is 56.5 Å². The van der Waals surface area contributed by atoms with E-state index in [0.717, 1.165) is 0 Å². The first-order valence-electron chi connectivity index (χ1n) is 5.86. The summed E-state index contributed by atoms with van der Waals surface area (Å²) < 4.78 is 0. The standard InChI is InChI=1S/C11H24O6/c1-8(14)7-10(16)11(17,4-2-5-12)9(15)3-6-13/h8-10,12-17H,2-7H2,1H3. The molecular formula is C11H24O6. The first-order chi connectivity index (χ1) is 7.88. The van der Waals surface area contributed by atoms with Crippen LogP contribution < -0.4 is 0 Å². The van der Waals surface area contributed by atoms with E-state index in [1.54, 1.807) is 0 Å². The summed E-state index contributed by atoms with van der Waals surface area (Å²) in [7, 11) is 0. The van der Waals surface area contributed by atoms with Crippen LogP contribution in [0.1, 0.15) is 32.6 Å². The van der Waals surface area contributed by atoms with Crippen LogP contribution in [0.2, 0.25) is 0 Å². The van der Waals surface area contributed by atoms with Gasteiger partial charge in [0.2, 0.25) is 0 Å². The molecule has 0 aliphatic carbocycles. The average molecular weight is 252 g/mol. The molecule has 0 saturated heterocycles. The number of aliphatic hydroxyl groups excluding tert-OH is 5. The molecule has 0 radical (unpaired) electrons. The lowest BCUT2D eigenvalue weighted by molar-refractivity contribution is -0.163. The molecule has 17 heavy (non-hydrogen) atoms. The van der Waals surface area contributed by atoms with Crippen molar-refractivity contribution >= 4 is 0 Å². The van der Waals surface area contributed by atoms with Crippen LogP contribution in [-0.2, 0) is 0 Å². The van der Waals surface area contributed by atoms with Crippen molar-refractivity contribution in [1.29, 1.82) is 0 Å². The third-order valence-electron chi connectivity index (χ3n) is 2.86. The van der Waals surface area contributed by atoms with Crippen molar-refractivity contribution in [3.05, 3.63) is 0 Å². The molecule has 0 saturated carbocycles. The monoisotopic (exact) mass is 252 g/mol. The van der Waals surface area contributed by atoms with Crippen molar-refractivity contribution in [1.82, 2.24) is 0 Å². The van der Waals surface area contributed by atoms with Crippen LogP contribution >= 0.6 is 0 Å². The van der Waals surface area contributed by atoms with E-state index in [1.807, 2.05) is 0 Å². The van der Waals surface area contributed by atoms with Gasteiger partial charge in [0, 0.05) is 19.6 Å². The molecule has 0 aromatic heterocycles. The summed E-state index contributed by atoms with van der Waals surface area (Å²) in [5.41, 5.74) is -1.82. The highest BCUT2D eigenvalue weighted by Gasteiger charge is 2.42. The lowest BCUT2D eigenvalue weighted by atomic mass is 9.82. The Morgan fingerprint density at radius 1 is 1.00 bits per heavy atom. The van der Waals surface area contributed by atoms with Crippen LogP contribution in [0, 0.1) is 0 Å². The molecule has 0 heterocycles. The van der Waals surface area contributed by atoms with Crippen molar-refractivity contribution < 1.29 is 30.6 Å². The highest BCUT2D eigenvalue weighted by molar-refractivity contribution is 4.93. The van der Waals surface area contributed by atoms with Gasteiger partial charge in [-0.2, -0.15) is 0 Å². The van der Waals surface area contributed by atoms with Crippen molar-refractivity contribution in [3.8, 4) is 0 Å². The molecule has 6 N–H and O–H groups in total. The molecule has 0 aromatic carbocycles. The zero-order valence-corrected chi connectivity index (χ0v) is 10.2. The number of aliphatic hydroxyl groups is 6. The second-order valence-electron chi connectivity index (χ2n) is 4.45. The lowest BCUT2D eigenvalue weighted by Crippen LogP contribution is -2.53. The second kappa shape index (κ2) is 7.97. The molecule has 4 atom stereocenters. The molecule has 4 unspecified atom stereocenters. The van der Waals surface area contributed by atoms with E-state index in [0.29, 0.717) is 0 Å². The van der Waals surface area contributed by atoms with Crippen LogP contribution in [0.15, 0.2) is 0 Å². The van der Waals surface area contributed by atoms with Gasteiger partial charge >= 0.3 is 0 Å². The van der Waals surface area contributed by atoms with Crippen molar-refractivity contribution in [2.24, 2.45) is 0 Å². The quantitative estimate of drug-likeness (QED) is 0.293. The maximum Gasteiger partial charge on any atom is 0.116 e. The predicted octanol–water partition coefficient (Wildman–Crippen LogP) is -1.63. The largest absolute Gasteiger partial charge is 0.396 e. The normalized spacial score (nSPS) is 20.6. The predicted molar refractivity (Wildman–Crippen MR) is 61.3 cm³/mol. The van der Waals surface area contributed by atoms with E-state index >= 15 is 0 Å². The van der Waals surface area contributed by atoms with Gasteiger partial charge < -0.3 is 30.6 Å². The van der Waals surface area contributed by atoms with Gasteiger partial charge in [-0.15, -0.1) is 0 Å². The van der Waals surface area contributed by atoms with Gasteiger partial charge in [-0.1, -0.05) is 0 Å². The molecule has 0 aliphatic rings. The zero-order chi connectivity index (χ0) is 13.5. The third-order valence-corrected chi connectivity index (χ3v) is 2.86. The van der Waals surface area contributed by atoms with E-state index in [9.17, 15) is 20.4 Å². The molecule has 104 valence electrons. The van der Waals surface area contributed by atoms with Crippen LogP contribution in [0.3, 0.4) is 0 Å². The zero-order valence-electron chi connectivity index (χ0n) is 10.2. The molecule has 6 nitrogen and oxygen atoms in total. The lowest BCUT2D eigenvalue weighted by Gasteiger charge is -2.37. The van der Waals surface area contributed by atoms with E-state index < -0.39 is 23.9 Å². The first-order valence-corrected chi connectivity index (χ1v) is 5.86. The minimum atomic E-state index is -1.82. The molecule has 0 bridgehead atoms. The van der Waals surface area contributed by atoms with Gasteiger partial charge in [0.15, 0.2) is 0 Å². The van der Waals surface area contributed by atoms with Gasteiger partial charge in [0.25, 0.3) is 0 Å². The fraction of sp³-hybridized carbons (Fsp3) is 1.00. The Morgan fingerprint density at radius 3 is 2.00 bits per heavy atom. The summed E-state index contributed by atoms with van der Waals surface area (Å²) in [4.78, 5) is 0. The number of hydrogen-bond donors (Lipinski definition) is 6. The summed E-state index contributed by atoms with van der Waals surface area (Å²) in [6.07, 6.45) is -3.35. The van der Waals surface area contributed by atoms with Crippen molar-refractivity contribution in [2.75, 3.05) is 13.2 Å². The summed E-state index contributed by atoms with van der Waals surface area (Å²) in [5, 5.41) is 56.4. The van der Waals surface area contributed by atoms with Crippen LogP contribution in [0.25, 0.3) is 0 Å². The highest BCUT2D eigenvalue weighted by Crippen LogP contribution is 2.27. The third kappa shape index (κ3) is 5.29. The highest BCUT2D eigenvalue weighted by atomic mass is 16.4. The summed E-state index contributed by atoms with van der Waals surface area (Å²) in [6.45, 7) is 0.980. The molecule has 0 fully saturated rings. The van der Waals surface area contributed by atoms with Gasteiger partial charge in [0.1, 0.15) is 5.60 Å². The molecule has 0 aromatic rings. The van der Waals surface area contributed by atoms with Crippen molar-refractivity contribution in [3.63, 3.8) is 0 Å². The Bertz CT molecular complexity index is 198. The topological polar surface area (TPSA) is 121 Å². The van der Waals surface area contributed by atoms with Gasteiger partial charge in [-0.3, -0.25) is 0 Å². The van der Waals surface area contributed by atoms with Crippen LogP contribution in [0.5, 0.6) is 0 Å². The minimum Gasteiger partial charge on any atom is -0.396 e. The van der Waals surface area contributed by atoms with Crippen LogP contribution in [-0.4, -0.2) is 67.8 Å². The van der Waals surface area contributed by atoms with Crippen LogP contribution in [0.4, 0.5) is 0 Å². The SMILES string of the molecule is CC(O)CC(O)C(O)(CCCO)C(O)CCO. The second-order valence-corrected chi connectivity index (χ2v) is 4.45. The minimum absolute atomic E-state index is 0.00144. The van der Waals surface area contributed by atoms with Gasteiger partial charge in [-0.05, 0) is 26.2 Å². The Hall–Kier alpha value is -0.240. The summed E-state index contributed by atoms with van der Waals surface area (Å²) >= 11 is 0. The molecule has 0 amide bonds. The Morgan fingerprint density at radius 2 is 1.59 bits per heavy atom. The Labute approximate surface area is 101 Å². The van der Waals surface area contributed by atoms with E-state index in [1.165, 1.54) is 6.92 Å². The molecule has 6 heteroatoms.